The molecule has 92 valence electrons. The van der Waals surface area contributed by atoms with Crippen molar-refractivity contribution in [3.8, 4) is 0 Å². The first-order valence-corrected chi connectivity index (χ1v) is 7.09. The van der Waals surface area contributed by atoms with Crippen molar-refractivity contribution in [3.63, 3.8) is 0 Å². The van der Waals surface area contributed by atoms with Gasteiger partial charge in [0.25, 0.3) is 0 Å². The number of nitrogens with one attached hydrogen (secondary N) is 2. The summed E-state index contributed by atoms with van der Waals surface area (Å²) in [4.78, 5) is 6.79. The summed E-state index contributed by atoms with van der Waals surface area (Å²) in [6.07, 6.45) is 4.62. The maximum absolute atomic E-state index is 11.5. The van der Waals surface area contributed by atoms with Gasteiger partial charge in [-0.1, -0.05) is 13.8 Å². The number of H-pyrrole nitrogens is 1. The molecule has 1 heterocycles. The Morgan fingerprint density at radius 1 is 1.50 bits per heavy atom. The lowest BCUT2D eigenvalue weighted by Gasteiger charge is -2.07. The molecule has 0 bridgehead atoms. The topological polar surface area (TPSA) is 74.8 Å². The van der Waals surface area contributed by atoms with Crippen molar-refractivity contribution in [2.45, 2.75) is 26.7 Å². The van der Waals surface area contributed by atoms with Crippen molar-refractivity contribution in [3.05, 3.63) is 18.2 Å². The van der Waals surface area contributed by atoms with E-state index in [4.69, 9.17) is 0 Å². The van der Waals surface area contributed by atoms with Crippen LogP contribution in [-0.4, -0.2) is 30.7 Å². The van der Waals surface area contributed by atoms with E-state index in [9.17, 15) is 8.42 Å². The number of nitrogens with zero attached hydrogens (tertiary/aromatic N) is 1. The van der Waals surface area contributed by atoms with E-state index < -0.39 is 10.0 Å². The van der Waals surface area contributed by atoms with E-state index in [0.29, 0.717) is 25.3 Å². The van der Waals surface area contributed by atoms with Crippen molar-refractivity contribution in [1.82, 2.24) is 14.7 Å². The molecule has 0 radical (unpaired) electrons. The highest BCUT2D eigenvalue weighted by molar-refractivity contribution is 7.89. The number of sulfonamides is 1. The molecule has 0 spiro atoms. The van der Waals surface area contributed by atoms with Gasteiger partial charge in [-0.05, 0) is 12.3 Å². The lowest BCUT2D eigenvalue weighted by molar-refractivity contribution is 0.561. The molecule has 0 aromatic carbocycles. The Bertz CT molecular complexity index is 384. The number of hydrogen-bond acceptors (Lipinski definition) is 3. The number of hydrogen-bond donors (Lipinski definition) is 2. The highest BCUT2D eigenvalue weighted by Crippen LogP contribution is 2.01. The van der Waals surface area contributed by atoms with E-state index >= 15 is 0 Å². The Balaban J connectivity index is 2.26. The van der Waals surface area contributed by atoms with Gasteiger partial charge in [0.1, 0.15) is 0 Å². The summed E-state index contributed by atoms with van der Waals surface area (Å²) in [5, 5.41) is 0. The van der Waals surface area contributed by atoms with Gasteiger partial charge in [0, 0.05) is 24.9 Å². The van der Waals surface area contributed by atoms with E-state index in [0.717, 1.165) is 5.69 Å². The fourth-order valence-corrected chi connectivity index (χ4v) is 2.56. The molecule has 1 rings (SSSR count). The van der Waals surface area contributed by atoms with Crippen LogP contribution in [0.5, 0.6) is 0 Å². The molecule has 0 saturated carbocycles. The number of rotatable bonds is 7. The smallest absolute Gasteiger partial charge is 0.211 e. The molecule has 0 unspecified atom stereocenters. The molecular formula is C10H19N3O2S. The van der Waals surface area contributed by atoms with E-state index in [2.05, 4.69) is 14.7 Å². The van der Waals surface area contributed by atoms with Crippen LogP contribution in [0.2, 0.25) is 0 Å². The van der Waals surface area contributed by atoms with Crippen LogP contribution in [0.1, 0.15) is 26.0 Å². The summed E-state index contributed by atoms with van der Waals surface area (Å²) >= 11 is 0. The van der Waals surface area contributed by atoms with Gasteiger partial charge in [0.05, 0.1) is 12.1 Å². The minimum atomic E-state index is -3.11. The number of imidazole rings is 1. The molecule has 0 atom stereocenters. The predicted octanol–water partition coefficient (Wildman–Crippen LogP) is 0.918. The van der Waals surface area contributed by atoms with Crippen molar-refractivity contribution in [2.24, 2.45) is 5.92 Å². The summed E-state index contributed by atoms with van der Waals surface area (Å²) in [5.41, 5.74) is 0.937. The Kier molecular flexibility index (Phi) is 4.95. The highest BCUT2D eigenvalue weighted by atomic mass is 32.2. The van der Waals surface area contributed by atoms with Crippen LogP contribution in [0.3, 0.4) is 0 Å². The van der Waals surface area contributed by atoms with Crippen LogP contribution < -0.4 is 4.72 Å². The summed E-state index contributed by atoms with van der Waals surface area (Å²) in [5.74, 6) is 0.609. The van der Waals surface area contributed by atoms with E-state index in [1.807, 2.05) is 13.8 Å². The standard InChI is InChI=1S/C10H19N3O2S/c1-9(2)4-6-16(14,15)13-5-3-10-7-11-8-12-10/h7-9,13H,3-6H2,1-2H3,(H,11,12). The van der Waals surface area contributed by atoms with Crippen molar-refractivity contribution >= 4 is 10.0 Å². The maximum atomic E-state index is 11.5. The lowest BCUT2D eigenvalue weighted by Crippen LogP contribution is -2.29. The molecule has 0 amide bonds. The molecule has 0 aliphatic carbocycles. The molecule has 16 heavy (non-hydrogen) atoms. The normalized spacial score (nSPS) is 12.2. The third-order valence-corrected chi connectivity index (χ3v) is 3.65. The van der Waals surface area contributed by atoms with Crippen molar-refractivity contribution in [1.29, 1.82) is 0 Å². The molecule has 1 aromatic rings. The van der Waals surface area contributed by atoms with Gasteiger partial charge in [-0.25, -0.2) is 18.1 Å². The second-order valence-corrected chi connectivity index (χ2v) is 6.15. The Morgan fingerprint density at radius 3 is 2.81 bits per heavy atom. The average molecular weight is 245 g/mol. The van der Waals surface area contributed by atoms with Gasteiger partial charge >= 0.3 is 0 Å². The summed E-state index contributed by atoms with van der Waals surface area (Å²) in [6, 6.07) is 0. The first-order valence-electron chi connectivity index (χ1n) is 5.44. The Hall–Kier alpha value is -0.880. The molecule has 0 aliphatic rings. The molecule has 6 heteroatoms. The first-order chi connectivity index (χ1) is 7.49. The minimum absolute atomic E-state index is 0.202. The zero-order chi connectivity index (χ0) is 12.0. The summed E-state index contributed by atoms with van der Waals surface area (Å²) in [6.45, 7) is 4.45. The van der Waals surface area contributed by atoms with Gasteiger partial charge in [0.2, 0.25) is 10.0 Å². The van der Waals surface area contributed by atoms with Crippen LogP contribution in [0.15, 0.2) is 12.5 Å². The largest absolute Gasteiger partial charge is 0.348 e. The van der Waals surface area contributed by atoms with Gasteiger partial charge in [-0.15, -0.1) is 0 Å². The molecule has 2 N–H and O–H groups in total. The number of aromatic amines is 1. The van der Waals surface area contributed by atoms with Crippen LogP contribution in [0.25, 0.3) is 0 Å². The lowest BCUT2D eigenvalue weighted by atomic mass is 10.2. The monoisotopic (exact) mass is 245 g/mol. The maximum Gasteiger partial charge on any atom is 0.211 e. The minimum Gasteiger partial charge on any atom is -0.348 e. The van der Waals surface area contributed by atoms with Crippen LogP contribution in [0, 0.1) is 5.92 Å². The van der Waals surface area contributed by atoms with Gasteiger partial charge in [-0.3, -0.25) is 0 Å². The fourth-order valence-electron chi connectivity index (χ4n) is 1.23. The summed E-state index contributed by atoms with van der Waals surface area (Å²) in [7, 11) is -3.11. The van der Waals surface area contributed by atoms with Gasteiger partial charge in [-0.2, -0.15) is 0 Å². The molecule has 1 aromatic heterocycles. The first kappa shape index (κ1) is 13.2. The van der Waals surface area contributed by atoms with Crippen LogP contribution in [-0.2, 0) is 16.4 Å². The van der Waals surface area contributed by atoms with Crippen LogP contribution in [0.4, 0.5) is 0 Å². The second-order valence-electron chi connectivity index (χ2n) is 4.22. The van der Waals surface area contributed by atoms with E-state index in [1.54, 1.807) is 12.5 Å². The Morgan fingerprint density at radius 2 is 2.25 bits per heavy atom. The van der Waals surface area contributed by atoms with Gasteiger partial charge < -0.3 is 4.98 Å². The van der Waals surface area contributed by atoms with E-state index in [1.165, 1.54) is 0 Å². The third kappa shape index (κ3) is 5.27. The predicted molar refractivity (Wildman–Crippen MR) is 63.5 cm³/mol. The molecular weight excluding hydrogens is 226 g/mol. The van der Waals surface area contributed by atoms with E-state index in [-0.39, 0.29) is 5.75 Å². The number of aromatic nitrogens is 2. The second kappa shape index (κ2) is 6.00. The Labute approximate surface area is 96.7 Å². The highest BCUT2D eigenvalue weighted by Gasteiger charge is 2.10. The molecule has 0 fully saturated rings. The fraction of sp³-hybridized carbons (Fsp3) is 0.700. The molecule has 5 nitrogen and oxygen atoms in total. The molecule has 0 saturated heterocycles. The SMILES string of the molecule is CC(C)CCS(=O)(=O)NCCc1cnc[nH]1. The molecule has 0 aliphatic heterocycles. The zero-order valence-corrected chi connectivity index (χ0v) is 10.5. The van der Waals surface area contributed by atoms with Crippen molar-refractivity contribution in [2.75, 3.05) is 12.3 Å². The summed E-state index contributed by atoms with van der Waals surface area (Å²) < 4.78 is 25.6. The van der Waals surface area contributed by atoms with Crippen molar-refractivity contribution < 1.29 is 8.42 Å². The van der Waals surface area contributed by atoms with Crippen LogP contribution >= 0.6 is 0 Å². The average Bonchev–Trinajstić information content (AvgIpc) is 2.68. The quantitative estimate of drug-likeness (QED) is 0.750. The zero-order valence-electron chi connectivity index (χ0n) is 9.73. The van der Waals surface area contributed by atoms with Gasteiger partial charge in [0.15, 0.2) is 0 Å². The third-order valence-electron chi connectivity index (χ3n) is 2.24.